The summed E-state index contributed by atoms with van der Waals surface area (Å²) in [4.78, 5) is 5.37. The second-order valence-electron chi connectivity index (χ2n) is 12.5. The molecule has 0 aromatic carbocycles. The molecule has 0 radical (unpaired) electrons. The highest BCUT2D eigenvalue weighted by Crippen LogP contribution is 2.24. The third kappa shape index (κ3) is 20.3. The van der Waals surface area contributed by atoms with Gasteiger partial charge in [-0.25, -0.2) is 0 Å². The van der Waals surface area contributed by atoms with E-state index < -0.39 is 0 Å². The average Bonchev–Trinajstić information content (AvgIpc) is 3.31. The zero-order valence-corrected chi connectivity index (χ0v) is 26.8. The lowest BCUT2D eigenvalue weighted by Crippen LogP contribution is -2.39. The molecule has 0 saturated heterocycles. The van der Waals surface area contributed by atoms with Gasteiger partial charge in [-0.3, -0.25) is 0 Å². The fraction of sp³-hybridized carbons (Fsp3) is 0.944. The Hall–Kier alpha value is -0.660. The Morgan fingerprint density at radius 1 is 0.342 bits per heavy atom. The molecular weight excluding hydrogens is 460 g/mol. The summed E-state index contributed by atoms with van der Waals surface area (Å²) < 4.78 is 0. The molecule has 0 saturated carbocycles. The van der Waals surface area contributed by atoms with E-state index in [0.29, 0.717) is 6.17 Å². The maximum absolute atomic E-state index is 2.69. The van der Waals surface area contributed by atoms with E-state index in [1.165, 1.54) is 193 Å². The van der Waals surface area contributed by atoms with Crippen LogP contribution in [-0.4, -0.2) is 29.1 Å². The molecule has 1 unspecified atom stereocenters. The highest BCUT2D eigenvalue weighted by Gasteiger charge is 2.24. The molecule has 226 valence electrons. The molecule has 2 nitrogen and oxygen atoms in total. The van der Waals surface area contributed by atoms with Crippen molar-refractivity contribution in [2.24, 2.45) is 0 Å². The van der Waals surface area contributed by atoms with E-state index in [1.54, 1.807) is 0 Å². The Balaban J connectivity index is 2.09. The fourth-order valence-corrected chi connectivity index (χ4v) is 6.19. The summed E-state index contributed by atoms with van der Waals surface area (Å²) in [6.45, 7) is 9.46. The predicted octanol–water partition coefficient (Wildman–Crippen LogP) is 12.4. The summed E-state index contributed by atoms with van der Waals surface area (Å²) in [7, 11) is 0. The molecule has 0 fully saturated rings. The first-order valence-corrected chi connectivity index (χ1v) is 18.0. The quantitative estimate of drug-likeness (QED) is 0.0848. The Morgan fingerprint density at radius 3 is 0.974 bits per heavy atom. The molecule has 0 aliphatic carbocycles. The van der Waals surface area contributed by atoms with Crippen LogP contribution in [0.3, 0.4) is 0 Å². The van der Waals surface area contributed by atoms with Crippen LogP contribution in [0.5, 0.6) is 0 Å². The summed E-state index contributed by atoms with van der Waals surface area (Å²) in [6.07, 6.45) is 45.5. The van der Waals surface area contributed by atoms with Gasteiger partial charge < -0.3 is 9.80 Å². The lowest BCUT2D eigenvalue weighted by Gasteiger charge is -2.33. The van der Waals surface area contributed by atoms with Crippen molar-refractivity contribution in [1.82, 2.24) is 9.80 Å². The minimum Gasteiger partial charge on any atom is -0.356 e. The first-order valence-electron chi connectivity index (χ1n) is 18.0. The molecular formula is C36H72N2. The molecule has 0 aromatic rings. The van der Waals surface area contributed by atoms with Crippen molar-refractivity contribution in [3.63, 3.8) is 0 Å². The maximum atomic E-state index is 2.69. The third-order valence-electron chi connectivity index (χ3n) is 8.82. The van der Waals surface area contributed by atoms with Crippen LogP contribution in [0, 0.1) is 0 Å². The van der Waals surface area contributed by atoms with Crippen LogP contribution in [0.1, 0.15) is 201 Å². The molecule has 0 amide bonds. The number of hydrogen-bond acceptors (Lipinski definition) is 2. The highest BCUT2D eigenvalue weighted by atomic mass is 15.4. The summed E-state index contributed by atoms with van der Waals surface area (Å²) >= 11 is 0. The number of nitrogens with zero attached hydrogens (tertiary/aromatic N) is 2. The van der Waals surface area contributed by atoms with Crippen molar-refractivity contribution >= 4 is 0 Å². The molecule has 0 spiro atoms. The predicted molar refractivity (Wildman–Crippen MR) is 173 cm³/mol. The highest BCUT2D eigenvalue weighted by molar-refractivity contribution is 4.97. The first kappa shape index (κ1) is 35.4. The zero-order valence-electron chi connectivity index (χ0n) is 26.8. The summed E-state index contributed by atoms with van der Waals surface area (Å²) in [6, 6.07) is 0. The lowest BCUT2D eigenvalue weighted by atomic mass is 10.0. The normalized spacial score (nSPS) is 15.3. The monoisotopic (exact) mass is 533 g/mol. The van der Waals surface area contributed by atoms with Crippen molar-refractivity contribution in [2.75, 3.05) is 13.1 Å². The maximum Gasteiger partial charge on any atom is 0.101 e. The van der Waals surface area contributed by atoms with Crippen LogP contribution in [0.25, 0.3) is 0 Å². The van der Waals surface area contributed by atoms with Gasteiger partial charge in [-0.05, 0) is 25.7 Å². The Labute approximate surface area is 241 Å². The lowest BCUT2D eigenvalue weighted by molar-refractivity contribution is 0.135. The van der Waals surface area contributed by atoms with Crippen molar-refractivity contribution in [2.45, 2.75) is 207 Å². The van der Waals surface area contributed by atoms with Crippen LogP contribution < -0.4 is 0 Å². The molecule has 0 N–H and O–H groups in total. The van der Waals surface area contributed by atoms with E-state index in [0.717, 1.165) is 0 Å². The first-order chi connectivity index (χ1) is 18.8. The molecule has 0 bridgehead atoms. The molecule has 1 atom stereocenters. The van der Waals surface area contributed by atoms with Gasteiger partial charge in [-0.2, -0.15) is 0 Å². The van der Waals surface area contributed by atoms with Crippen LogP contribution >= 0.6 is 0 Å². The molecule has 1 aliphatic rings. The van der Waals surface area contributed by atoms with E-state index in [2.05, 4.69) is 43.0 Å². The van der Waals surface area contributed by atoms with Crippen molar-refractivity contribution in [1.29, 1.82) is 0 Å². The summed E-state index contributed by atoms with van der Waals surface area (Å²) in [5, 5.41) is 0. The Morgan fingerprint density at radius 2 is 0.605 bits per heavy atom. The van der Waals surface area contributed by atoms with Crippen LogP contribution in [0.4, 0.5) is 0 Å². The van der Waals surface area contributed by atoms with Crippen LogP contribution in [0.2, 0.25) is 0 Å². The number of rotatable bonds is 30. The fourth-order valence-electron chi connectivity index (χ4n) is 6.19. The number of unbranched alkanes of at least 4 members (excludes halogenated alkanes) is 24. The molecule has 1 aliphatic heterocycles. The van der Waals surface area contributed by atoms with Crippen LogP contribution in [0.15, 0.2) is 12.4 Å². The second-order valence-corrected chi connectivity index (χ2v) is 12.5. The smallest absolute Gasteiger partial charge is 0.101 e. The third-order valence-corrected chi connectivity index (χ3v) is 8.82. The van der Waals surface area contributed by atoms with E-state index in [9.17, 15) is 0 Å². The minimum atomic E-state index is 0.642. The topological polar surface area (TPSA) is 6.48 Å². The molecule has 1 rings (SSSR count). The van der Waals surface area contributed by atoms with Gasteiger partial charge in [0.2, 0.25) is 0 Å². The molecule has 1 heterocycles. The van der Waals surface area contributed by atoms with Crippen LogP contribution in [-0.2, 0) is 0 Å². The zero-order chi connectivity index (χ0) is 27.4. The van der Waals surface area contributed by atoms with E-state index >= 15 is 0 Å². The minimum absolute atomic E-state index is 0.642. The van der Waals surface area contributed by atoms with Gasteiger partial charge in [0.05, 0.1) is 0 Å². The summed E-state index contributed by atoms with van der Waals surface area (Å²) in [5.41, 5.74) is 0. The second kappa shape index (κ2) is 27.9. The van der Waals surface area contributed by atoms with Crippen molar-refractivity contribution in [3.8, 4) is 0 Å². The van der Waals surface area contributed by atoms with Gasteiger partial charge in [0.15, 0.2) is 0 Å². The standard InChI is InChI=1S/C36H72N2/c1-4-7-10-12-14-16-17-18-19-20-21-22-24-26-28-31-36-37(32-29-9-6-3)34-35-38(36)33-30-27-25-23-15-13-11-8-5-2/h34-36H,4-33H2,1-3H3. The van der Waals surface area contributed by atoms with Gasteiger partial charge in [0.1, 0.15) is 6.17 Å². The van der Waals surface area contributed by atoms with Crippen molar-refractivity contribution in [3.05, 3.63) is 12.4 Å². The largest absolute Gasteiger partial charge is 0.356 e. The SMILES string of the molecule is CCCCCCCCCCCCCCCCCC1N(CCCCC)C=CN1CCCCCCCCCCC. The van der Waals surface area contributed by atoms with E-state index in [1.807, 2.05) is 0 Å². The van der Waals surface area contributed by atoms with Gasteiger partial charge in [0, 0.05) is 25.5 Å². The van der Waals surface area contributed by atoms with Gasteiger partial charge in [-0.1, -0.05) is 175 Å². The van der Waals surface area contributed by atoms with Crippen molar-refractivity contribution < 1.29 is 0 Å². The van der Waals surface area contributed by atoms with Gasteiger partial charge in [-0.15, -0.1) is 0 Å². The van der Waals surface area contributed by atoms with Gasteiger partial charge in [0.25, 0.3) is 0 Å². The van der Waals surface area contributed by atoms with E-state index in [-0.39, 0.29) is 0 Å². The molecule has 38 heavy (non-hydrogen) atoms. The average molecular weight is 533 g/mol. The molecule has 0 aromatic heterocycles. The van der Waals surface area contributed by atoms with Gasteiger partial charge >= 0.3 is 0 Å². The number of hydrogen-bond donors (Lipinski definition) is 0. The Kier molecular flexibility index (Phi) is 26.0. The summed E-state index contributed by atoms with van der Waals surface area (Å²) in [5.74, 6) is 0. The Bertz CT molecular complexity index is 488. The molecule has 2 heteroatoms. The van der Waals surface area contributed by atoms with E-state index in [4.69, 9.17) is 0 Å².